The minimum atomic E-state index is -0.372. The van der Waals surface area contributed by atoms with E-state index in [1.807, 2.05) is 0 Å². The predicted molar refractivity (Wildman–Crippen MR) is 86.4 cm³/mol. The molecule has 0 spiro atoms. The monoisotopic (exact) mass is 318 g/mol. The Balaban J connectivity index is 1.98. The highest BCUT2D eigenvalue weighted by Gasteiger charge is 2.29. The van der Waals surface area contributed by atoms with Crippen LogP contribution in [0.2, 0.25) is 0 Å². The van der Waals surface area contributed by atoms with Gasteiger partial charge in [0.2, 0.25) is 5.91 Å². The van der Waals surface area contributed by atoms with Crippen molar-refractivity contribution in [1.82, 2.24) is 4.90 Å². The van der Waals surface area contributed by atoms with Gasteiger partial charge in [-0.3, -0.25) is 9.59 Å². The number of benzene rings is 1. The fourth-order valence-corrected chi connectivity index (χ4v) is 2.63. The Hall–Kier alpha value is -2.37. The summed E-state index contributed by atoms with van der Waals surface area (Å²) in [5.74, 6) is -0.457. The van der Waals surface area contributed by atoms with Crippen LogP contribution in [-0.2, 0) is 9.53 Å². The van der Waals surface area contributed by atoms with E-state index in [9.17, 15) is 14.4 Å². The summed E-state index contributed by atoms with van der Waals surface area (Å²) in [5, 5.41) is 2.83. The van der Waals surface area contributed by atoms with Crippen LogP contribution in [0.5, 0.6) is 0 Å². The summed E-state index contributed by atoms with van der Waals surface area (Å²) >= 11 is 0. The number of hydrogen-bond acceptors (Lipinski definition) is 4. The van der Waals surface area contributed by atoms with Crippen LogP contribution < -0.4 is 5.32 Å². The van der Waals surface area contributed by atoms with Crippen molar-refractivity contribution in [2.45, 2.75) is 26.7 Å². The standard InChI is InChI=1S/C17H22N2O4/c1-3-23-17(22)19-9-5-7-14(11-19)16(21)18-15-8-4-6-13(10-15)12(2)20/h4,6,8,10,14H,3,5,7,9,11H2,1-2H3,(H,18,21). The highest BCUT2D eigenvalue weighted by atomic mass is 16.6. The molecule has 6 nitrogen and oxygen atoms in total. The SMILES string of the molecule is CCOC(=O)N1CCCC(C(=O)Nc2cccc(C(C)=O)c2)C1. The van der Waals surface area contributed by atoms with Gasteiger partial charge in [0.25, 0.3) is 0 Å². The molecule has 2 rings (SSSR count). The van der Waals surface area contributed by atoms with Crippen LogP contribution in [0.1, 0.15) is 37.0 Å². The molecule has 1 aromatic rings. The van der Waals surface area contributed by atoms with Crippen molar-refractivity contribution in [3.8, 4) is 0 Å². The van der Waals surface area contributed by atoms with E-state index in [0.717, 1.165) is 12.8 Å². The first kappa shape index (κ1) is 17.0. The highest BCUT2D eigenvalue weighted by Crippen LogP contribution is 2.20. The number of rotatable bonds is 4. The van der Waals surface area contributed by atoms with E-state index in [-0.39, 0.29) is 23.7 Å². The zero-order valence-electron chi connectivity index (χ0n) is 13.5. The van der Waals surface area contributed by atoms with E-state index in [1.54, 1.807) is 36.1 Å². The van der Waals surface area contributed by atoms with Crippen molar-refractivity contribution in [1.29, 1.82) is 0 Å². The Kier molecular flexibility index (Phi) is 5.73. The number of Topliss-reactive ketones (excluding diaryl/α,β-unsaturated/α-hetero) is 1. The Labute approximate surface area is 135 Å². The van der Waals surface area contributed by atoms with Crippen LogP contribution in [0, 0.1) is 5.92 Å². The van der Waals surface area contributed by atoms with Gasteiger partial charge in [0.05, 0.1) is 12.5 Å². The number of carbonyl (C=O) groups is 3. The maximum atomic E-state index is 12.4. The van der Waals surface area contributed by atoms with Gasteiger partial charge in [0.1, 0.15) is 0 Å². The van der Waals surface area contributed by atoms with Crippen molar-refractivity contribution in [2.24, 2.45) is 5.92 Å². The number of nitrogens with zero attached hydrogens (tertiary/aromatic N) is 1. The largest absolute Gasteiger partial charge is 0.450 e. The quantitative estimate of drug-likeness (QED) is 0.866. The maximum Gasteiger partial charge on any atom is 0.409 e. The lowest BCUT2D eigenvalue weighted by Gasteiger charge is -2.31. The Morgan fingerprint density at radius 1 is 1.35 bits per heavy atom. The van der Waals surface area contributed by atoms with Crippen molar-refractivity contribution < 1.29 is 19.1 Å². The van der Waals surface area contributed by atoms with Gasteiger partial charge in [0, 0.05) is 24.3 Å². The first-order valence-corrected chi connectivity index (χ1v) is 7.84. The number of carbonyl (C=O) groups excluding carboxylic acids is 3. The third kappa shape index (κ3) is 4.55. The van der Waals surface area contributed by atoms with Crippen molar-refractivity contribution in [3.05, 3.63) is 29.8 Å². The Morgan fingerprint density at radius 2 is 2.13 bits per heavy atom. The third-order valence-electron chi connectivity index (χ3n) is 3.85. The van der Waals surface area contributed by atoms with Crippen LogP contribution in [0.25, 0.3) is 0 Å². The van der Waals surface area contributed by atoms with Crippen LogP contribution in [-0.4, -0.2) is 42.4 Å². The molecule has 1 aliphatic heterocycles. The van der Waals surface area contributed by atoms with Crippen LogP contribution in [0.3, 0.4) is 0 Å². The molecule has 1 fully saturated rings. The second-order valence-corrected chi connectivity index (χ2v) is 5.61. The summed E-state index contributed by atoms with van der Waals surface area (Å²) in [6.07, 6.45) is 1.13. The van der Waals surface area contributed by atoms with Gasteiger partial charge >= 0.3 is 6.09 Å². The van der Waals surface area contributed by atoms with Crippen molar-refractivity contribution in [2.75, 3.05) is 25.0 Å². The molecule has 1 heterocycles. The molecular formula is C17H22N2O4. The summed E-state index contributed by atoms with van der Waals surface area (Å²) in [7, 11) is 0. The summed E-state index contributed by atoms with van der Waals surface area (Å²) in [6.45, 7) is 4.54. The fraction of sp³-hybridized carbons (Fsp3) is 0.471. The molecule has 0 radical (unpaired) electrons. The number of nitrogens with one attached hydrogen (secondary N) is 1. The molecule has 0 saturated carbocycles. The molecule has 1 aromatic carbocycles. The lowest BCUT2D eigenvalue weighted by atomic mass is 9.97. The minimum absolute atomic E-state index is 0.0488. The van der Waals surface area contributed by atoms with Crippen LogP contribution in [0.15, 0.2) is 24.3 Å². The summed E-state index contributed by atoms with van der Waals surface area (Å²) in [6, 6.07) is 6.85. The zero-order chi connectivity index (χ0) is 16.8. The summed E-state index contributed by atoms with van der Waals surface area (Å²) in [4.78, 5) is 37.1. The molecule has 124 valence electrons. The molecule has 1 unspecified atom stereocenters. The molecule has 1 atom stereocenters. The lowest BCUT2D eigenvalue weighted by Crippen LogP contribution is -2.44. The van der Waals surface area contributed by atoms with E-state index in [2.05, 4.69) is 5.32 Å². The van der Waals surface area contributed by atoms with Gasteiger partial charge in [-0.05, 0) is 38.8 Å². The van der Waals surface area contributed by atoms with Gasteiger partial charge in [-0.1, -0.05) is 12.1 Å². The maximum absolute atomic E-state index is 12.4. The molecule has 6 heteroatoms. The molecule has 2 amide bonds. The highest BCUT2D eigenvalue weighted by molar-refractivity contribution is 5.97. The number of ether oxygens (including phenoxy) is 1. The predicted octanol–water partition coefficient (Wildman–Crippen LogP) is 2.70. The number of likely N-dealkylation sites (tertiary alicyclic amines) is 1. The molecule has 1 saturated heterocycles. The Bertz CT molecular complexity index is 600. The lowest BCUT2D eigenvalue weighted by molar-refractivity contribution is -0.121. The van der Waals surface area contributed by atoms with Crippen molar-refractivity contribution >= 4 is 23.5 Å². The smallest absolute Gasteiger partial charge is 0.409 e. The number of ketones is 1. The van der Waals surface area contributed by atoms with Crippen LogP contribution >= 0.6 is 0 Å². The van der Waals surface area contributed by atoms with Gasteiger partial charge in [-0.25, -0.2) is 4.79 Å². The number of amides is 2. The number of anilines is 1. The molecule has 1 N–H and O–H groups in total. The molecule has 0 aromatic heterocycles. The fourth-order valence-electron chi connectivity index (χ4n) is 2.63. The molecule has 0 aliphatic carbocycles. The number of piperidine rings is 1. The average Bonchev–Trinajstić information content (AvgIpc) is 2.55. The normalized spacial score (nSPS) is 17.5. The van der Waals surface area contributed by atoms with E-state index in [1.165, 1.54) is 6.92 Å². The molecular weight excluding hydrogens is 296 g/mol. The van der Waals surface area contributed by atoms with Crippen LogP contribution in [0.4, 0.5) is 10.5 Å². The zero-order valence-corrected chi connectivity index (χ0v) is 13.5. The van der Waals surface area contributed by atoms with Gasteiger partial charge in [-0.15, -0.1) is 0 Å². The Morgan fingerprint density at radius 3 is 2.83 bits per heavy atom. The summed E-state index contributed by atoms with van der Waals surface area (Å²) < 4.78 is 4.99. The van der Waals surface area contributed by atoms with E-state index in [4.69, 9.17) is 4.74 Å². The first-order valence-electron chi connectivity index (χ1n) is 7.84. The van der Waals surface area contributed by atoms with Gasteiger partial charge in [0.15, 0.2) is 5.78 Å². The third-order valence-corrected chi connectivity index (χ3v) is 3.85. The van der Waals surface area contributed by atoms with E-state index >= 15 is 0 Å². The van der Waals surface area contributed by atoms with Gasteiger partial charge < -0.3 is 15.0 Å². The second kappa shape index (κ2) is 7.76. The first-order chi connectivity index (χ1) is 11.0. The molecule has 0 bridgehead atoms. The van der Waals surface area contributed by atoms with E-state index < -0.39 is 0 Å². The average molecular weight is 318 g/mol. The molecule has 1 aliphatic rings. The van der Waals surface area contributed by atoms with Gasteiger partial charge in [-0.2, -0.15) is 0 Å². The minimum Gasteiger partial charge on any atom is -0.450 e. The molecule has 23 heavy (non-hydrogen) atoms. The van der Waals surface area contributed by atoms with E-state index in [0.29, 0.717) is 30.9 Å². The van der Waals surface area contributed by atoms with Crippen molar-refractivity contribution in [3.63, 3.8) is 0 Å². The number of hydrogen-bond donors (Lipinski definition) is 1. The summed E-state index contributed by atoms with van der Waals surface area (Å²) in [5.41, 5.74) is 1.15. The second-order valence-electron chi connectivity index (χ2n) is 5.61. The topological polar surface area (TPSA) is 75.7 Å².